The molecule has 0 aliphatic rings. The summed E-state index contributed by atoms with van der Waals surface area (Å²) in [4.78, 5) is 0. The highest BCUT2D eigenvalue weighted by Crippen LogP contribution is 2.29. The number of aromatic nitrogens is 1. The molecule has 0 bridgehead atoms. The molecule has 14 heavy (non-hydrogen) atoms. The molecule has 0 spiro atoms. The summed E-state index contributed by atoms with van der Waals surface area (Å²) in [7, 11) is 0. The van der Waals surface area contributed by atoms with Crippen LogP contribution in [0.3, 0.4) is 0 Å². The Labute approximate surface area is 88.6 Å². The Bertz CT molecular complexity index is 403. The van der Waals surface area contributed by atoms with Gasteiger partial charge in [-0.05, 0) is 23.0 Å². The van der Waals surface area contributed by atoms with Gasteiger partial charge in [-0.1, -0.05) is 44.2 Å². The van der Waals surface area contributed by atoms with Crippen LogP contribution in [0.4, 0.5) is 0 Å². The zero-order valence-corrected chi connectivity index (χ0v) is 9.21. The summed E-state index contributed by atoms with van der Waals surface area (Å²) < 4.78 is 4.45. The molecule has 0 atom stereocenters. The second kappa shape index (κ2) is 3.93. The van der Waals surface area contributed by atoms with Crippen molar-refractivity contribution in [3.05, 3.63) is 41.3 Å². The van der Waals surface area contributed by atoms with Crippen molar-refractivity contribution in [2.45, 2.75) is 19.8 Å². The lowest BCUT2D eigenvalue weighted by Gasteiger charge is -2.04. The van der Waals surface area contributed by atoms with E-state index in [-0.39, 0.29) is 0 Å². The zero-order chi connectivity index (χ0) is 9.97. The molecular formula is C12H13NS. The third kappa shape index (κ3) is 1.70. The molecule has 1 aromatic carbocycles. The minimum absolute atomic E-state index is 0.545. The number of hydrogen-bond acceptors (Lipinski definition) is 2. The van der Waals surface area contributed by atoms with Crippen LogP contribution in [0.1, 0.15) is 25.3 Å². The molecule has 1 aromatic heterocycles. The highest BCUT2D eigenvalue weighted by Gasteiger charge is 2.10. The van der Waals surface area contributed by atoms with Gasteiger partial charge in [-0.3, -0.25) is 0 Å². The average Bonchev–Trinajstić information content (AvgIpc) is 2.67. The smallest absolute Gasteiger partial charge is 0.0875 e. The molecular weight excluding hydrogens is 190 g/mol. The summed E-state index contributed by atoms with van der Waals surface area (Å²) in [5.41, 5.74) is 3.71. The summed E-state index contributed by atoms with van der Waals surface area (Å²) in [5, 5.41) is 2.15. The van der Waals surface area contributed by atoms with Gasteiger partial charge in [0.2, 0.25) is 0 Å². The lowest BCUT2D eigenvalue weighted by Crippen LogP contribution is -1.88. The standard InChI is InChI=1S/C12H13NS/c1-9(2)11-8-14-13-12(11)10-6-4-3-5-7-10/h3-9H,1-2H3. The van der Waals surface area contributed by atoms with Crippen LogP contribution in [0, 0.1) is 0 Å². The molecule has 2 heteroatoms. The number of rotatable bonds is 2. The van der Waals surface area contributed by atoms with Gasteiger partial charge in [-0.2, -0.15) is 4.37 Å². The van der Waals surface area contributed by atoms with Gasteiger partial charge in [0.25, 0.3) is 0 Å². The van der Waals surface area contributed by atoms with Crippen LogP contribution in [0.15, 0.2) is 35.7 Å². The van der Waals surface area contributed by atoms with E-state index in [1.807, 2.05) is 6.07 Å². The Balaban J connectivity index is 2.47. The number of hydrogen-bond donors (Lipinski definition) is 0. The molecule has 0 aliphatic heterocycles. The topological polar surface area (TPSA) is 12.9 Å². The van der Waals surface area contributed by atoms with Gasteiger partial charge in [0.05, 0.1) is 5.69 Å². The zero-order valence-electron chi connectivity index (χ0n) is 8.40. The van der Waals surface area contributed by atoms with E-state index >= 15 is 0 Å². The fourth-order valence-corrected chi connectivity index (χ4v) is 2.34. The molecule has 1 nitrogen and oxygen atoms in total. The van der Waals surface area contributed by atoms with E-state index in [1.54, 1.807) is 0 Å². The van der Waals surface area contributed by atoms with Crippen molar-refractivity contribution >= 4 is 11.5 Å². The Morgan fingerprint density at radius 3 is 2.50 bits per heavy atom. The first-order valence-electron chi connectivity index (χ1n) is 4.78. The third-order valence-electron chi connectivity index (χ3n) is 2.27. The van der Waals surface area contributed by atoms with Crippen molar-refractivity contribution in [2.75, 3.05) is 0 Å². The minimum atomic E-state index is 0.545. The summed E-state index contributed by atoms with van der Waals surface area (Å²) >= 11 is 1.54. The van der Waals surface area contributed by atoms with E-state index in [0.29, 0.717) is 5.92 Å². The Hall–Kier alpha value is -1.15. The van der Waals surface area contributed by atoms with Crippen molar-refractivity contribution in [2.24, 2.45) is 0 Å². The summed E-state index contributed by atoms with van der Waals surface area (Å²) in [6.45, 7) is 4.41. The van der Waals surface area contributed by atoms with Crippen molar-refractivity contribution in [3.63, 3.8) is 0 Å². The number of benzene rings is 1. The lowest BCUT2D eigenvalue weighted by molar-refractivity contribution is 0.871. The van der Waals surface area contributed by atoms with Gasteiger partial charge in [0.15, 0.2) is 0 Å². The van der Waals surface area contributed by atoms with E-state index in [2.05, 4.69) is 47.9 Å². The summed E-state index contributed by atoms with van der Waals surface area (Å²) in [5.74, 6) is 0.545. The Kier molecular flexibility index (Phi) is 2.64. The Morgan fingerprint density at radius 2 is 1.86 bits per heavy atom. The van der Waals surface area contributed by atoms with Crippen LogP contribution in [-0.4, -0.2) is 4.37 Å². The second-order valence-corrected chi connectivity index (χ2v) is 4.27. The van der Waals surface area contributed by atoms with Crippen molar-refractivity contribution < 1.29 is 0 Å². The van der Waals surface area contributed by atoms with Gasteiger partial charge in [-0.25, -0.2) is 0 Å². The maximum absolute atomic E-state index is 4.45. The van der Waals surface area contributed by atoms with Crippen molar-refractivity contribution in [1.82, 2.24) is 4.37 Å². The predicted molar refractivity (Wildman–Crippen MR) is 61.6 cm³/mol. The first kappa shape index (κ1) is 9.41. The van der Waals surface area contributed by atoms with Crippen LogP contribution < -0.4 is 0 Å². The SMILES string of the molecule is CC(C)c1csnc1-c1ccccc1. The van der Waals surface area contributed by atoms with Crippen LogP contribution in [-0.2, 0) is 0 Å². The summed E-state index contributed by atoms with van der Waals surface area (Å²) in [6, 6.07) is 10.4. The van der Waals surface area contributed by atoms with E-state index in [4.69, 9.17) is 0 Å². The largest absolute Gasteiger partial charge is 0.192 e. The van der Waals surface area contributed by atoms with Gasteiger partial charge in [0.1, 0.15) is 0 Å². The molecule has 72 valence electrons. The number of nitrogens with zero attached hydrogens (tertiary/aromatic N) is 1. The van der Waals surface area contributed by atoms with E-state index < -0.39 is 0 Å². The highest BCUT2D eigenvalue weighted by atomic mass is 32.1. The van der Waals surface area contributed by atoms with E-state index in [0.717, 1.165) is 5.69 Å². The predicted octanol–water partition coefficient (Wildman–Crippen LogP) is 3.93. The molecule has 0 fully saturated rings. The third-order valence-corrected chi connectivity index (χ3v) is 2.91. The first-order chi connectivity index (χ1) is 6.79. The maximum Gasteiger partial charge on any atom is 0.0875 e. The average molecular weight is 203 g/mol. The van der Waals surface area contributed by atoms with Crippen LogP contribution in [0.2, 0.25) is 0 Å². The highest BCUT2D eigenvalue weighted by molar-refractivity contribution is 7.04. The van der Waals surface area contributed by atoms with E-state index in [1.165, 1.54) is 22.7 Å². The normalized spacial score (nSPS) is 10.8. The lowest BCUT2D eigenvalue weighted by atomic mass is 10.0. The van der Waals surface area contributed by atoms with Crippen LogP contribution in [0.5, 0.6) is 0 Å². The first-order valence-corrected chi connectivity index (χ1v) is 5.62. The molecule has 2 rings (SSSR count). The monoisotopic (exact) mass is 203 g/mol. The summed E-state index contributed by atoms with van der Waals surface area (Å²) in [6.07, 6.45) is 0. The molecule has 0 aliphatic carbocycles. The molecule has 0 amide bonds. The Morgan fingerprint density at radius 1 is 1.14 bits per heavy atom. The molecule has 0 saturated carbocycles. The molecule has 2 aromatic rings. The second-order valence-electron chi connectivity index (χ2n) is 3.64. The fourth-order valence-electron chi connectivity index (χ4n) is 1.47. The van der Waals surface area contributed by atoms with Gasteiger partial charge >= 0.3 is 0 Å². The van der Waals surface area contributed by atoms with Crippen LogP contribution >= 0.6 is 11.5 Å². The van der Waals surface area contributed by atoms with Crippen LogP contribution in [0.25, 0.3) is 11.3 Å². The fraction of sp³-hybridized carbons (Fsp3) is 0.250. The molecule has 0 saturated heterocycles. The molecule has 0 unspecified atom stereocenters. The van der Waals surface area contributed by atoms with Gasteiger partial charge in [0, 0.05) is 10.9 Å². The van der Waals surface area contributed by atoms with Gasteiger partial charge in [-0.15, -0.1) is 0 Å². The minimum Gasteiger partial charge on any atom is -0.192 e. The quantitative estimate of drug-likeness (QED) is 0.720. The van der Waals surface area contributed by atoms with Crippen molar-refractivity contribution in [1.29, 1.82) is 0 Å². The van der Waals surface area contributed by atoms with Gasteiger partial charge < -0.3 is 0 Å². The van der Waals surface area contributed by atoms with Crippen molar-refractivity contribution in [3.8, 4) is 11.3 Å². The molecule has 0 radical (unpaired) electrons. The van der Waals surface area contributed by atoms with E-state index in [9.17, 15) is 0 Å². The molecule has 1 heterocycles. The maximum atomic E-state index is 4.45. The molecule has 0 N–H and O–H groups in total.